The molecule has 78 valence electrons. The molecule has 0 spiro atoms. The van der Waals surface area contributed by atoms with E-state index in [0.717, 1.165) is 32.4 Å². The Hall–Kier alpha value is -0.880. The van der Waals surface area contributed by atoms with E-state index in [9.17, 15) is 4.79 Å². The van der Waals surface area contributed by atoms with Gasteiger partial charge in [-0.25, -0.2) is 0 Å². The highest BCUT2D eigenvalue weighted by atomic mass is 16.1. The molecule has 0 saturated heterocycles. The van der Waals surface area contributed by atoms with E-state index >= 15 is 0 Å². The van der Waals surface area contributed by atoms with Crippen molar-refractivity contribution in [1.29, 1.82) is 5.26 Å². The molecule has 14 heavy (non-hydrogen) atoms. The Morgan fingerprint density at radius 2 is 2.43 bits per heavy atom. The van der Waals surface area contributed by atoms with Crippen LogP contribution in [-0.4, -0.2) is 29.8 Å². The third-order valence-electron chi connectivity index (χ3n) is 2.89. The summed E-state index contributed by atoms with van der Waals surface area (Å²) in [5.74, 6) is 0.386. The van der Waals surface area contributed by atoms with Crippen LogP contribution in [0, 0.1) is 11.3 Å². The van der Waals surface area contributed by atoms with Crippen LogP contribution in [-0.2, 0) is 4.79 Å². The van der Waals surface area contributed by atoms with Gasteiger partial charge in [0.15, 0.2) is 0 Å². The summed E-state index contributed by atoms with van der Waals surface area (Å²) in [7, 11) is 0. The first-order chi connectivity index (χ1) is 6.77. The van der Waals surface area contributed by atoms with Crippen molar-refractivity contribution in [2.45, 2.75) is 45.1 Å². The van der Waals surface area contributed by atoms with Crippen LogP contribution in [0.4, 0.5) is 0 Å². The second-order valence-electron chi connectivity index (χ2n) is 3.83. The van der Waals surface area contributed by atoms with Gasteiger partial charge in [0.1, 0.15) is 5.78 Å². The number of nitrogens with zero attached hydrogens (tertiary/aromatic N) is 2. The normalized spacial score (nSPS) is 22.4. The summed E-state index contributed by atoms with van der Waals surface area (Å²) >= 11 is 0. The number of nitriles is 1. The fraction of sp³-hybridized carbons (Fsp3) is 0.818. The fourth-order valence-electron chi connectivity index (χ4n) is 2.11. The molecule has 0 heterocycles. The van der Waals surface area contributed by atoms with Crippen molar-refractivity contribution >= 4 is 5.78 Å². The molecule has 0 bridgehead atoms. The first-order valence-corrected chi connectivity index (χ1v) is 5.40. The largest absolute Gasteiger partial charge is 0.300 e. The average Bonchev–Trinajstić information content (AvgIpc) is 2.19. The average molecular weight is 194 g/mol. The molecule has 3 nitrogen and oxygen atoms in total. The Morgan fingerprint density at radius 1 is 1.64 bits per heavy atom. The van der Waals surface area contributed by atoms with Gasteiger partial charge in [-0.2, -0.15) is 5.26 Å². The van der Waals surface area contributed by atoms with Crippen molar-refractivity contribution in [3.63, 3.8) is 0 Å². The van der Waals surface area contributed by atoms with Gasteiger partial charge in [-0.15, -0.1) is 0 Å². The molecule has 0 aromatic carbocycles. The van der Waals surface area contributed by atoms with Crippen LogP contribution in [0.2, 0.25) is 0 Å². The van der Waals surface area contributed by atoms with Crippen molar-refractivity contribution < 1.29 is 4.79 Å². The minimum Gasteiger partial charge on any atom is -0.300 e. The van der Waals surface area contributed by atoms with Gasteiger partial charge in [0.25, 0.3) is 0 Å². The molecule has 1 atom stereocenters. The van der Waals surface area contributed by atoms with Gasteiger partial charge in [0, 0.05) is 31.8 Å². The minimum atomic E-state index is 0.386. The quantitative estimate of drug-likeness (QED) is 0.684. The molecule has 3 heteroatoms. The highest BCUT2D eigenvalue weighted by Crippen LogP contribution is 2.20. The van der Waals surface area contributed by atoms with Gasteiger partial charge >= 0.3 is 0 Å². The number of carbonyl (C=O) groups excluding carboxylic acids is 1. The summed E-state index contributed by atoms with van der Waals surface area (Å²) in [6.07, 6.45) is 4.15. The van der Waals surface area contributed by atoms with Crippen LogP contribution in [0.3, 0.4) is 0 Å². The molecule has 0 aromatic rings. The lowest BCUT2D eigenvalue weighted by molar-refractivity contribution is -0.122. The van der Waals surface area contributed by atoms with E-state index in [2.05, 4.69) is 17.9 Å². The predicted molar refractivity (Wildman–Crippen MR) is 54.7 cm³/mol. The monoisotopic (exact) mass is 194 g/mol. The zero-order valence-corrected chi connectivity index (χ0v) is 8.83. The zero-order valence-electron chi connectivity index (χ0n) is 8.83. The molecule has 1 rings (SSSR count). The second-order valence-corrected chi connectivity index (χ2v) is 3.83. The van der Waals surface area contributed by atoms with Crippen molar-refractivity contribution in [1.82, 2.24) is 4.90 Å². The highest BCUT2D eigenvalue weighted by molar-refractivity contribution is 5.79. The van der Waals surface area contributed by atoms with Crippen LogP contribution in [0.25, 0.3) is 0 Å². The number of ketones is 1. The smallest absolute Gasteiger partial charge is 0.134 e. The topological polar surface area (TPSA) is 44.1 Å². The lowest BCUT2D eigenvalue weighted by atomic mass is 9.93. The van der Waals surface area contributed by atoms with E-state index in [1.165, 1.54) is 0 Å². The van der Waals surface area contributed by atoms with E-state index in [1.807, 2.05) is 0 Å². The van der Waals surface area contributed by atoms with Gasteiger partial charge in [0.2, 0.25) is 0 Å². The van der Waals surface area contributed by atoms with E-state index in [4.69, 9.17) is 5.26 Å². The first kappa shape index (κ1) is 11.2. The molecule has 1 saturated carbocycles. The molecule has 1 unspecified atom stereocenters. The lowest BCUT2D eigenvalue weighted by Gasteiger charge is -2.32. The maximum Gasteiger partial charge on any atom is 0.134 e. The Kier molecular flexibility index (Phi) is 4.61. The molecular formula is C11H18N2O. The number of carbonyl (C=O) groups is 1. The van der Waals surface area contributed by atoms with Crippen LogP contribution >= 0.6 is 0 Å². The maximum absolute atomic E-state index is 11.3. The lowest BCUT2D eigenvalue weighted by Crippen LogP contribution is -2.39. The summed E-state index contributed by atoms with van der Waals surface area (Å²) in [5, 5.41) is 8.52. The molecule has 0 N–H and O–H groups in total. The van der Waals surface area contributed by atoms with Gasteiger partial charge in [-0.05, 0) is 19.4 Å². The van der Waals surface area contributed by atoms with Crippen molar-refractivity contribution in [2.24, 2.45) is 0 Å². The minimum absolute atomic E-state index is 0.386. The molecule has 0 aliphatic heterocycles. The molecule has 1 aliphatic carbocycles. The fourth-order valence-corrected chi connectivity index (χ4v) is 2.11. The number of rotatable bonds is 4. The molecule has 0 radical (unpaired) electrons. The van der Waals surface area contributed by atoms with Crippen LogP contribution < -0.4 is 0 Å². The summed E-state index contributed by atoms with van der Waals surface area (Å²) in [4.78, 5) is 13.5. The second kappa shape index (κ2) is 5.77. The highest BCUT2D eigenvalue weighted by Gasteiger charge is 2.23. The summed E-state index contributed by atoms with van der Waals surface area (Å²) in [6.45, 7) is 3.85. The number of Topliss-reactive ketones (excluding diaryl/α,β-unsaturated/α-hetero) is 1. The van der Waals surface area contributed by atoms with Gasteiger partial charge in [-0.3, -0.25) is 9.69 Å². The molecule has 1 aliphatic rings. The van der Waals surface area contributed by atoms with Crippen molar-refractivity contribution in [2.75, 3.05) is 13.1 Å². The molecular weight excluding hydrogens is 176 g/mol. The Balaban J connectivity index is 2.42. The predicted octanol–water partition coefficient (Wildman–Crippen LogP) is 1.73. The number of hydrogen-bond donors (Lipinski definition) is 0. The van der Waals surface area contributed by atoms with Crippen LogP contribution in [0.5, 0.6) is 0 Å². The number of hydrogen-bond acceptors (Lipinski definition) is 3. The van der Waals surface area contributed by atoms with Crippen LogP contribution in [0.15, 0.2) is 0 Å². The van der Waals surface area contributed by atoms with Gasteiger partial charge in [-0.1, -0.05) is 6.92 Å². The van der Waals surface area contributed by atoms with Crippen molar-refractivity contribution in [3.8, 4) is 6.07 Å². The Bertz CT molecular complexity index is 232. The summed E-state index contributed by atoms with van der Waals surface area (Å²) in [6, 6.07) is 2.55. The summed E-state index contributed by atoms with van der Waals surface area (Å²) in [5.41, 5.74) is 0. The third-order valence-corrected chi connectivity index (χ3v) is 2.89. The first-order valence-electron chi connectivity index (χ1n) is 5.40. The Labute approximate surface area is 85.7 Å². The molecule has 1 fully saturated rings. The SMILES string of the molecule is CCN(CCC#N)C1CCCC(=O)C1. The zero-order chi connectivity index (χ0) is 10.4. The van der Waals surface area contributed by atoms with E-state index in [0.29, 0.717) is 24.7 Å². The molecule has 0 aromatic heterocycles. The van der Waals surface area contributed by atoms with E-state index in [1.54, 1.807) is 0 Å². The van der Waals surface area contributed by atoms with E-state index in [-0.39, 0.29) is 0 Å². The van der Waals surface area contributed by atoms with Gasteiger partial charge in [0.05, 0.1) is 6.07 Å². The van der Waals surface area contributed by atoms with Crippen LogP contribution in [0.1, 0.15) is 39.0 Å². The Morgan fingerprint density at radius 3 is 3.00 bits per heavy atom. The van der Waals surface area contributed by atoms with Crippen molar-refractivity contribution in [3.05, 3.63) is 0 Å². The third kappa shape index (κ3) is 3.12. The maximum atomic E-state index is 11.3. The summed E-state index contributed by atoms with van der Waals surface area (Å²) < 4.78 is 0. The molecule has 0 amide bonds. The van der Waals surface area contributed by atoms with E-state index < -0.39 is 0 Å². The standard InChI is InChI=1S/C11H18N2O/c1-2-13(8-4-7-12)10-5-3-6-11(14)9-10/h10H,2-6,8-9H2,1H3. The van der Waals surface area contributed by atoms with Gasteiger partial charge < -0.3 is 0 Å².